The molecule has 0 aliphatic rings. The monoisotopic (exact) mass is 378 g/mol. The van der Waals surface area contributed by atoms with Gasteiger partial charge in [0.1, 0.15) is 9.88 Å². The molecule has 0 aliphatic heterocycles. The van der Waals surface area contributed by atoms with Crippen LogP contribution >= 0.6 is 11.3 Å². The van der Waals surface area contributed by atoms with Crippen LogP contribution in [0, 0.1) is 20.8 Å². The first-order chi connectivity index (χ1) is 12.3. The highest BCUT2D eigenvalue weighted by molar-refractivity contribution is 7.17. The van der Waals surface area contributed by atoms with E-state index in [-0.39, 0.29) is 18.1 Å². The van der Waals surface area contributed by atoms with Gasteiger partial charge < -0.3 is 10.0 Å². The first-order valence-electron chi connectivity index (χ1n) is 8.74. The smallest absolute Gasteiger partial charge is 0.277 e. The third-order valence-corrected chi connectivity index (χ3v) is 5.53. The van der Waals surface area contributed by atoms with Gasteiger partial charge in [0, 0.05) is 20.1 Å². The maximum Gasteiger partial charge on any atom is 0.277 e. The average Bonchev–Trinajstić information content (AvgIpc) is 2.98. The number of unbranched alkanes of at least 4 members (excludes halogenated alkanes) is 1. The lowest BCUT2D eigenvalue weighted by molar-refractivity contribution is 0.0723. The van der Waals surface area contributed by atoms with Crippen LogP contribution in [-0.2, 0) is 7.05 Å². The largest absolute Gasteiger partial charge is 0.395 e. The summed E-state index contributed by atoms with van der Waals surface area (Å²) in [6, 6.07) is 0. The lowest BCUT2D eigenvalue weighted by Crippen LogP contribution is -2.34. The first kappa shape index (κ1) is 20.3. The standard InChI is InChI=1S/C18H26N4O3S/c1-6-7-8-22(9-10-23)18(25)15-13(4)19-16(26-15)14-11(2)12(3)20-21(5)17(14)24/h23H,6-10H2,1-5H3. The van der Waals surface area contributed by atoms with Gasteiger partial charge in [-0.1, -0.05) is 13.3 Å². The van der Waals surface area contributed by atoms with Crippen LogP contribution in [0.25, 0.3) is 10.6 Å². The number of hydrogen-bond donors (Lipinski definition) is 1. The van der Waals surface area contributed by atoms with Crippen molar-refractivity contribution in [1.82, 2.24) is 19.7 Å². The molecule has 0 radical (unpaired) electrons. The third-order valence-electron chi connectivity index (χ3n) is 4.37. The molecule has 0 atom stereocenters. The molecule has 0 unspecified atom stereocenters. The SMILES string of the molecule is CCCCN(CCO)C(=O)c1sc(-c2c(C)c(C)nn(C)c2=O)nc1C. The number of nitrogens with zero attached hydrogens (tertiary/aromatic N) is 4. The van der Waals surface area contributed by atoms with E-state index < -0.39 is 0 Å². The summed E-state index contributed by atoms with van der Waals surface area (Å²) in [7, 11) is 1.61. The Kier molecular flexibility index (Phi) is 6.66. The van der Waals surface area contributed by atoms with Gasteiger partial charge in [-0.05, 0) is 32.8 Å². The Balaban J connectivity index is 2.47. The topological polar surface area (TPSA) is 88.3 Å². The number of hydrogen-bond acceptors (Lipinski definition) is 6. The molecule has 2 rings (SSSR count). The van der Waals surface area contributed by atoms with Crippen LogP contribution in [0.2, 0.25) is 0 Å². The maximum absolute atomic E-state index is 12.9. The summed E-state index contributed by atoms with van der Waals surface area (Å²) in [5.41, 5.74) is 2.41. The van der Waals surface area contributed by atoms with Gasteiger partial charge in [-0.15, -0.1) is 11.3 Å². The summed E-state index contributed by atoms with van der Waals surface area (Å²) < 4.78 is 1.30. The minimum atomic E-state index is -0.223. The molecule has 7 nitrogen and oxygen atoms in total. The number of aromatic nitrogens is 3. The van der Waals surface area contributed by atoms with Crippen LogP contribution in [0.15, 0.2) is 4.79 Å². The number of thiazole rings is 1. The van der Waals surface area contributed by atoms with E-state index >= 15 is 0 Å². The van der Waals surface area contributed by atoms with E-state index in [4.69, 9.17) is 0 Å². The molecule has 8 heteroatoms. The van der Waals surface area contributed by atoms with Crippen molar-refractivity contribution in [3.63, 3.8) is 0 Å². The lowest BCUT2D eigenvalue weighted by Gasteiger charge is -2.20. The van der Waals surface area contributed by atoms with Crippen molar-refractivity contribution in [2.75, 3.05) is 19.7 Å². The number of carbonyl (C=O) groups is 1. The molecule has 0 saturated carbocycles. The molecule has 2 aromatic heterocycles. The van der Waals surface area contributed by atoms with Gasteiger partial charge in [0.2, 0.25) is 0 Å². The van der Waals surface area contributed by atoms with Crippen LogP contribution in [0.4, 0.5) is 0 Å². The highest BCUT2D eigenvalue weighted by atomic mass is 32.1. The Bertz CT molecular complexity index is 857. The zero-order valence-corrected chi connectivity index (χ0v) is 16.8. The van der Waals surface area contributed by atoms with Crippen LogP contribution < -0.4 is 5.56 Å². The van der Waals surface area contributed by atoms with Crippen molar-refractivity contribution < 1.29 is 9.90 Å². The molecule has 1 amide bonds. The van der Waals surface area contributed by atoms with E-state index in [0.29, 0.717) is 34.2 Å². The molecular formula is C18H26N4O3S. The predicted octanol–water partition coefficient (Wildman–Crippen LogP) is 2.06. The second kappa shape index (κ2) is 8.55. The van der Waals surface area contributed by atoms with Crippen molar-refractivity contribution in [1.29, 1.82) is 0 Å². The maximum atomic E-state index is 12.9. The number of aliphatic hydroxyl groups is 1. The Morgan fingerprint density at radius 3 is 2.54 bits per heavy atom. The van der Waals surface area contributed by atoms with Crippen molar-refractivity contribution in [3.8, 4) is 10.6 Å². The first-order valence-corrected chi connectivity index (χ1v) is 9.55. The van der Waals surface area contributed by atoms with Gasteiger partial charge in [-0.3, -0.25) is 9.59 Å². The number of rotatable bonds is 7. The van der Waals surface area contributed by atoms with Crippen LogP contribution in [0.5, 0.6) is 0 Å². The fraction of sp³-hybridized carbons (Fsp3) is 0.556. The minimum Gasteiger partial charge on any atom is -0.395 e. The van der Waals surface area contributed by atoms with E-state index in [1.54, 1.807) is 18.9 Å². The Labute approximate surface area is 157 Å². The lowest BCUT2D eigenvalue weighted by atomic mass is 10.1. The fourth-order valence-corrected chi connectivity index (χ4v) is 3.86. The number of aryl methyl sites for hydroxylation is 3. The summed E-state index contributed by atoms with van der Waals surface area (Å²) in [4.78, 5) is 32.1. The van der Waals surface area contributed by atoms with Gasteiger partial charge in [0.05, 0.1) is 23.6 Å². The van der Waals surface area contributed by atoms with E-state index in [1.807, 2.05) is 13.8 Å². The van der Waals surface area contributed by atoms with E-state index in [9.17, 15) is 14.7 Å². The van der Waals surface area contributed by atoms with Gasteiger partial charge in [-0.2, -0.15) is 5.10 Å². The zero-order valence-electron chi connectivity index (χ0n) is 16.0. The quantitative estimate of drug-likeness (QED) is 0.797. The Hall–Kier alpha value is -2.06. The summed E-state index contributed by atoms with van der Waals surface area (Å²) in [5, 5.41) is 14.0. The molecule has 2 heterocycles. The molecule has 0 aromatic carbocycles. The van der Waals surface area contributed by atoms with Gasteiger partial charge in [0.15, 0.2) is 0 Å². The van der Waals surface area contributed by atoms with E-state index in [2.05, 4.69) is 17.0 Å². The van der Waals surface area contributed by atoms with Gasteiger partial charge in [0.25, 0.3) is 11.5 Å². The summed E-state index contributed by atoms with van der Waals surface area (Å²) >= 11 is 1.23. The molecule has 2 aromatic rings. The second-order valence-corrected chi connectivity index (χ2v) is 7.32. The van der Waals surface area contributed by atoms with Crippen LogP contribution in [0.1, 0.15) is 46.4 Å². The number of aliphatic hydroxyl groups excluding tert-OH is 1. The van der Waals surface area contributed by atoms with Crippen molar-refractivity contribution in [3.05, 3.63) is 32.2 Å². The van der Waals surface area contributed by atoms with Crippen LogP contribution in [0.3, 0.4) is 0 Å². The molecule has 0 spiro atoms. The molecular weight excluding hydrogens is 352 g/mol. The third kappa shape index (κ3) is 4.02. The van der Waals surface area contributed by atoms with E-state index in [1.165, 1.54) is 16.0 Å². The van der Waals surface area contributed by atoms with Crippen molar-refractivity contribution in [2.24, 2.45) is 7.05 Å². The molecule has 26 heavy (non-hydrogen) atoms. The van der Waals surface area contributed by atoms with E-state index in [0.717, 1.165) is 24.1 Å². The summed E-state index contributed by atoms with van der Waals surface area (Å²) in [5.74, 6) is -0.144. The highest BCUT2D eigenvalue weighted by Gasteiger charge is 2.24. The molecule has 1 N–H and O–H groups in total. The van der Waals surface area contributed by atoms with Crippen molar-refractivity contribution >= 4 is 17.2 Å². The average molecular weight is 378 g/mol. The van der Waals surface area contributed by atoms with Crippen molar-refractivity contribution in [2.45, 2.75) is 40.5 Å². The minimum absolute atomic E-state index is 0.0800. The molecule has 0 fully saturated rings. The zero-order chi connectivity index (χ0) is 19.4. The van der Waals surface area contributed by atoms with Gasteiger partial charge >= 0.3 is 0 Å². The molecule has 0 aliphatic carbocycles. The summed E-state index contributed by atoms with van der Waals surface area (Å²) in [6.45, 7) is 8.33. The summed E-state index contributed by atoms with van der Waals surface area (Å²) in [6.07, 6.45) is 1.84. The highest BCUT2D eigenvalue weighted by Crippen LogP contribution is 2.29. The molecule has 0 saturated heterocycles. The Morgan fingerprint density at radius 1 is 1.23 bits per heavy atom. The second-order valence-electron chi connectivity index (χ2n) is 6.32. The normalized spacial score (nSPS) is 11.0. The molecule has 0 bridgehead atoms. The van der Waals surface area contributed by atoms with Crippen LogP contribution in [-0.4, -0.2) is 50.4 Å². The number of amides is 1. The molecule has 142 valence electrons. The number of carbonyl (C=O) groups excluding carboxylic acids is 1. The predicted molar refractivity (Wildman–Crippen MR) is 103 cm³/mol. The Morgan fingerprint density at radius 2 is 1.92 bits per heavy atom. The fourth-order valence-electron chi connectivity index (χ4n) is 2.73. The van der Waals surface area contributed by atoms with Gasteiger partial charge in [-0.25, -0.2) is 9.67 Å².